The summed E-state index contributed by atoms with van der Waals surface area (Å²) in [5.41, 5.74) is 0.0788. The van der Waals surface area contributed by atoms with Gasteiger partial charge in [-0.3, -0.25) is 0 Å². The molecular formula is C17H24O7. The Morgan fingerprint density at radius 1 is 0.958 bits per heavy atom. The van der Waals surface area contributed by atoms with Gasteiger partial charge in [0.15, 0.2) is 0 Å². The molecule has 0 aromatic heterocycles. The molecule has 1 rings (SSSR count). The maximum Gasteiger partial charge on any atom is 0.339 e. The predicted molar refractivity (Wildman–Crippen MR) is 86.9 cm³/mol. The van der Waals surface area contributed by atoms with E-state index in [2.05, 4.69) is 4.74 Å². The summed E-state index contributed by atoms with van der Waals surface area (Å²) in [6, 6.07) is 6.03. The van der Waals surface area contributed by atoms with Gasteiger partial charge in [0.2, 0.25) is 0 Å². The fourth-order valence-electron chi connectivity index (χ4n) is 1.50. The lowest BCUT2D eigenvalue weighted by Crippen LogP contribution is -2.12. The molecule has 0 heterocycles. The fraction of sp³-hybridized carbons (Fsp3) is 0.471. The van der Waals surface area contributed by atoms with Crippen molar-refractivity contribution in [1.29, 1.82) is 0 Å². The van der Waals surface area contributed by atoms with E-state index in [1.54, 1.807) is 12.1 Å². The van der Waals surface area contributed by atoms with Crippen molar-refractivity contribution < 1.29 is 34.1 Å². The third-order valence-electron chi connectivity index (χ3n) is 2.70. The molecule has 134 valence electrons. The van der Waals surface area contributed by atoms with Crippen LogP contribution in [0.1, 0.15) is 53.8 Å². The van der Waals surface area contributed by atoms with Gasteiger partial charge in [0.1, 0.15) is 6.61 Å². The highest BCUT2D eigenvalue weighted by Crippen LogP contribution is 2.10. The van der Waals surface area contributed by atoms with Crippen LogP contribution in [0.15, 0.2) is 24.3 Å². The standard InChI is InChI=1S/C12H14O4.C5H10O3/c1-2-3-8-16-12(15)10-7-5-4-6-9(10)11(13)14;1-2-3-8-5(7)4-6/h4-7H,2-3,8H2,1H3,(H,13,14);6H,2-4H2,1H3. The zero-order chi connectivity index (χ0) is 18.4. The highest BCUT2D eigenvalue weighted by Gasteiger charge is 2.16. The molecule has 0 radical (unpaired) electrons. The average Bonchev–Trinajstić information content (AvgIpc) is 2.60. The number of ether oxygens (including phenoxy) is 2. The van der Waals surface area contributed by atoms with E-state index < -0.39 is 24.5 Å². The number of hydrogen-bond acceptors (Lipinski definition) is 6. The second kappa shape index (κ2) is 13.1. The Hall–Kier alpha value is -2.41. The number of rotatable bonds is 8. The Morgan fingerprint density at radius 2 is 1.58 bits per heavy atom. The smallest absolute Gasteiger partial charge is 0.339 e. The van der Waals surface area contributed by atoms with Gasteiger partial charge in [-0.1, -0.05) is 32.4 Å². The van der Waals surface area contributed by atoms with E-state index in [9.17, 15) is 14.4 Å². The van der Waals surface area contributed by atoms with Gasteiger partial charge < -0.3 is 19.7 Å². The van der Waals surface area contributed by atoms with Gasteiger partial charge in [0.25, 0.3) is 0 Å². The van der Waals surface area contributed by atoms with E-state index in [4.69, 9.17) is 14.9 Å². The van der Waals surface area contributed by atoms with Crippen molar-refractivity contribution in [2.75, 3.05) is 19.8 Å². The van der Waals surface area contributed by atoms with Crippen LogP contribution in [0.4, 0.5) is 0 Å². The zero-order valence-electron chi connectivity index (χ0n) is 14.0. The van der Waals surface area contributed by atoms with Crippen LogP contribution < -0.4 is 0 Å². The molecule has 0 atom stereocenters. The summed E-state index contributed by atoms with van der Waals surface area (Å²) in [7, 11) is 0. The number of aromatic carboxylic acids is 1. The summed E-state index contributed by atoms with van der Waals surface area (Å²) in [5, 5.41) is 17.0. The highest BCUT2D eigenvalue weighted by molar-refractivity contribution is 6.02. The van der Waals surface area contributed by atoms with E-state index in [1.807, 2.05) is 13.8 Å². The van der Waals surface area contributed by atoms with E-state index >= 15 is 0 Å². The molecule has 0 saturated heterocycles. The molecule has 2 N–H and O–H groups in total. The number of esters is 2. The number of carbonyl (C=O) groups excluding carboxylic acids is 2. The molecule has 1 aromatic rings. The first kappa shape index (κ1) is 21.6. The number of aliphatic hydroxyl groups is 1. The molecule has 7 nitrogen and oxygen atoms in total. The summed E-state index contributed by atoms with van der Waals surface area (Å²) < 4.78 is 9.41. The minimum atomic E-state index is -1.12. The van der Waals surface area contributed by atoms with Crippen LogP contribution in [0.5, 0.6) is 0 Å². The lowest BCUT2D eigenvalue weighted by Gasteiger charge is -2.06. The van der Waals surface area contributed by atoms with Crippen molar-refractivity contribution in [2.24, 2.45) is 0 Å². The normalized spacial score (nSPS) is 9.46. The Kier molecular flexibility index (Phi) is 11.8. The minimum absolute atomic E-state index is 0.0241. The summed E-state index contributed by atoms with van der Waals surface area (Å²) in [6.07, 6.45) is 2.50. The van der Waals surface area contributed by atoms with Gasteiger partial charge in [-0.25, -0.2) is 14.4 Å². The minimum Gasteiger partial charge on any atom is -0.478 e. The summed E-state index contributed by atoms with van der Waals surface area (Å²) in [5.74, 6) is -2.25. The van der Waals surface area contributed by atoms with E-state index in [1.165, 1.54) is 12.1 Å². The molecule has 0 saturated carbocycles. The van der Waals surface area contributed by atoms with Gasteiger partial charge in [-0.2, -0.15) is 0 Å². The molecule has 1 aromatic carbocycles. The highest BCUT2D eigenvalue weighted by atomic mass is 16.5. The Morgan fingerprint density at radius 3 is 2.08 bits per heavy atom. The first-order chi connectivity index (χ1) is 11.5. The van der Waals surface area contributed by atoms with Crippen molar-refractivity contribution in [3.05, 3.63) is 35.4 Å². The number of carboxylic acids is 1. The maximum absolute atomic E-state index is 11.6. The number of carboxylic acid groups (broad SMARTS) is 1. The molecule has 0 spiro atoms. The van der Waals surface area contributed by atoms with E-state index in [0.29, 0.717) is 13.2 Å². The lowest BCUT2D eigenvalue weighted by molar-refractivity contribution is -0.146. The van der Waals surface area contributed by atoms with Crippen LogP contribution in [0.25, 0.3) is 0 Å². The van der Waals surface area contributed by atoms with Gasteiger partial charge in [0, 0.05) is 0 Å². The van der Waals surface area contributed by atoms with Gasteiger partial charge in [-0.15, -0.1) is 0 Å². The van der Waals surface area contributed by atoms with E-state index in [-0.39, 0.29) is 11.1 Å². The molecule has 0 amide bonds. The molecular weight excluding hydrogens is 316 g/mol. The summed E-state index contributed by atoms with van der Waals surface area (Å²) >= 11 is 0. The lowest BCUT2D eigenvalue weighted by atomic mass is 10.1. The second-order valence-corrected chi connectivity index (χ2v) is 4.72. The maximum atomic E-state index is 11.6. The van der Waals surface area contributed by atoms with Crippen molar-refractivity contribution in [3.63, 3.8) is 0 Å². The molecule has 0 aliphatic rings. The molecule has 0 aliphatic heterocycles. The third-order valence-corrected chi connectivity index (χ3v) is 2.70. The van der Waals surface area contributed by atoms with Crippen molar-refractivity contribution in [2.45, 2.75) is 33.1 Å². The first-order valence-electron chi connectivity index (χ1n) is 7.73. The molecule has 7 heteroatoms. The first-order valence-corrected chi connectivity index (χ1v) is 7.73. The SMILES string of the molecule is CCCCOC(=O)c1ccccc1C(=O)O.CCCOC(=O)CO. The van der Waals surface area contributed by atoms with Crippen molar-refractivity contribution in [3.8, 4) is 0 Å². The van der Waals surface area contributed by atoms with Crippen LogP contribution in [0.3, 0.4) is 0 Å². The topological polar surface area (TPSA) is 110 Å². The second-order valence-electron chi connectivity index (χ2n) is 4.72. The Labute approximate surface area is 141 Å². The van der Waals surface area contributed by atoms with Crippen LogP contribution >= 0.6 is 0 Å². The van der Waals surface area contributed by atoms with Crippen LogP contribution in [0.2, 0.25) is 0 Å². The van der Waals surface area contributed by atoms with Crippen LogP contribution in [-0.2, 0) is 14.3 Å². The Balaban J connectivity index is 0.000000561. The number of benzene rings is 1. The van der Waals surface area contributed by atoms with Crippen LogP contribution in [-0.4, -0.2) is 47.9 Å². The summed E-state index contributed by atoms with van der Waals surface area (Å²) in [6.45, 7) is 4.09. The number of hydrogen-bond donors (Lipinski definition) is 2. The predicted octanol–water partition coefficient (Wildman–Crippen LogP) is 2.27. The van der Waals surface area contributed by atoms with Gasteiger partial charge in [0.05, 0.1) is 24.3 Å². The molecule has 0 aliphatic carbocycles. The number of unbranched alkanes of at least 4 members (excludes halogenated alkanes) is 1. The quantitative estimate of drug-likeness (QED) is 0.551. The van der Waals surface area contributed by atoms with Gasteiger partial charge >= 0.3 is 17.9 Å². The average molecular weight is 340 g/mol. The number of carbonyl (C=O) groups is 3. The monoisotopic (exact) mass is 340 g/mol. The molecule has 0 bridgehead atoms. The molecule has 0 unspecified atom stereocenters. The van der Waals surface area contributed by atoms with Crippen molar-refractivity contribution >= 4 is 17.9 Å². The van der Waals surface area contributed by atoms with E-state index in [0.717, 1.165) is 19.3 Å². The molecule has 0 fully saturated rings. The summed E-state index contributed by atoms with van der Waals surface area (Å²) in [4.78, 5) is 32.5. The molecule has 24 heavy (non-hydrogen) atoms. The van der Waals surface area contributed by atoms with Crippen molar-refractivity contribution in [1.82, 2.24) is 0 Å². The zero-order valence-corrected chi connectivity index (χ0v) is 14.0. The fourth-order valence-corrected chi connectivity index (χ4v) is 1.50. The van der Waals surface area contributed by atoms with Crippen LogP contribution in [0, 0.1) is 0 Å². The van der Waals surface area contributed by atoms with Gasteiger partial charge in [-0.05, 0) is 25.0 Å². The largest absolute Gasteiger partial charge is 0.478 e. The Bertz CT molecular complexity index is 525. The third kappa shape index (κ3) is 8.89. The number of aliphatic hydroxyl groups excluding tert-OH is 1.